The second-order valence-corrected chi connectivity index (χ2v) is 44.5. The van der Waals surface area contributed by atoms with E-state index in [0.717, 1.165) is 85.5 Å². The van der Waals surface area contributed by atoms with Crippen LogP contribution in [0.5, 0.6) is 0 Å². The summed E-state index contributed by atoms with van der Waals surface area (Å²) in [5, 5.41) is 3.01. The van der Waals surface area contributed by atoms with Gasteiger partial charge < -0.3 is 0 Å². The normalized spacial score (nSPS) is 13.2. The van der Waals surface area contributed by atoms with Crippen molar-refractivity contribution in [1.29, 1.82) is 0 Å². The molecule has 0 fully saturated rings. The molecule has 0 aliphatic heterocycles. The Morgan fingerprint density at radius 1 is 0.267 bits per heavy atom. The Bertz CT molecular complexity index is 4480. The van der Waals surface area contributed by atoms with Crippen LogP contribution in [0.15, 0.2) is 72.8 Å². The van der Waals surface area contributed by atoms with Gasteiger partial charge in [0.1, 0.15) is 0 Å². The fraction of sp³-hybridized carbons (Fsp3) is 0.538. The summed E-state index contributed by atoms with van der Waals surface area (Å²) < 4.78 is 3.04. The third-order valence-electron chi connectivity index (χ3n) is 24.6. The van der Waals surface area contributed by atoms with Crippen LogP contribution in [-0.2, 0) is 51.4 Å². The Balaban J connectivity index is 1.13. The van der Waals surface area contributed by atoms with Gasteiger partial charge in [-0.25, -0.2) is 0 Å². The molecule has 0 saturated heterocycles. The highest BCUT2D eigenvalue weighted by Crippen LogP contribution is 2.55. The first-order valence-electron chi connectivity index (χ1n) is 46.1. The molecule has 0 aliphatic carbocycles. The van der Waals surface area contributed by atoms with E-state index in [-0.39, 0.29) is 0 Å². The molecular weight excluding hydrogens is 1600 g/mol. The van der Waals surface area contributed by atoms with Crippen molar-refractivity contribution in [2.75, 3.05) is 0 Å². The number of fused-ring (bicyclic) bond motifs is 2. The monoisotopic (exact) mass is 1740 g/mol. The Hall–Kier alpha value is -4.44. The minimum absolute atomic E-state index is 0.579. The van der Waals surface area contributed by atoms with Gasteiger partial charge in [0.05, 0.1) is 19.5 Å². The minimum atomic E-state index is 0.579. The first-order valence-corrected chi connectivity index (χ1v) is 54.3. The van der Waals surface area contributed by atoms with Gasteiger partial charge in [-0.1, -0.05) is 275 Å². The van der Waals surface area contributed by atoms with Crippen LogP contribution in [0.3, 0.4) is 0 Å². The summed E-state index contributed by atoms with van der Waals surface area (Å²) in [6, 6.07) is 29.8. The third kappa shape index (κ3) is 24.9. The number of carbonyl (C=O) groups is 2. The van der Waals surface area contributed by atoms with Gasteiger partial charge in [-0.15, -0.1) is 113 Å². The molecule has 0 bridgehead atoms. The lowest BCUT2D eigenvalue weighted by Gasteiger charge is -2.20. The molecule has 0 saturated carbocycles. The van der Waals surface area contributed by atoms with Gasteiger partial charge in [-0.2, -0.15) is 0 Å². The molecule has 12 heteroatoms. The van der Waals surface area contributed by atoms with Crippen molar-refractivity contribution in [1.82, 2.24) is 0 Å². The number of hydrogen-bond acceptors (Lipinski definition) is 12. The lowest BCUT2D eigenvalue weighted by Crippen LogP contribution is -2.06. The lowest BCUT2D eigenvalue weighted by molar-refractivity contribution is 0.111. The fourth-order valence-corrected chi connectivity index (χ4v) is 29.4. The van der Waals surface area contributed by atoms with Crippen molar-refractivity contribution in [3.63, 3.8) is 0 Å². The maximum absolute atomic E-state index is 12.7. The molecule has 10 heterocycles. The Morgan fingerprint density at radius 3 is 0.897 bits per heavy atom. The van der Waals surface area contributed by atoms with Crippen molar-refractivity contribution in [2.45, 2.75) is 340 Å². The van der Waals surface area contributed by atoms with E-state index in [1.807, 2.05) is 68.0 Å². The molecule has 11 aromatic rings. The molecule has 0 aliphatic rings. The summed E-state index contributed by atoms with van der Waals surface area (Å²) >= 11 is 19.8. The smallest absolute Gasteiger partial charge is 0.160 e. The van der Waals surface area contributed by atoms with E-state index in [9.17, 15) is 9.59 Å². The molecule has 2 nitrogen and oxygen atoms in total. The first-order chi connectivity index (χ1) is 56.8. The molecule has 0 spiro atoms. The molecule has 116 heavy (non-hydrogen) atoms. The van der Waals surface area contributed by atoms with Crippen LogP contribution in [0, 0.1) is 23.7 Å². The number of aryl methyl sites for hydroxylation is 4. The van der Waals surface area contributed by atoms with Crippen LogP contribution in [0.25, 0.3) is 103 Å². The first kappa shape index (κ1) is 92.3. The molecule has 10 aromatic heterocycles. The predicted molar refractivity (Wildman–Crippen MR) is 534 cm³/mol. The maximum atomic E-state index is 12.7. The van der Waals surface area contributed by atoms with Crippen molar-refractivity contribution in [2.24, 2.45) is 23.7 Å². The molecule has 626 valence electrons. The van der Waals surface area contributed by atoms with Crippen LogP contribution >= 0.6 is 113 Å². The summed E-state index contributed by atoms with van der Waals surface area (Å²) in [6.45, 7) is 28.4. The standard InChI is InChI=1S/C104H138O2S10/c1-13-25-33-37-45-75-61-85(69-105)109-97(75)91-63-77(47-39-35-27-15-3)99(111-91)93-65-79(49-51-81-53-55-83(107-81)57-71(21-9)41-29-17-5)101(113-93)95-67-89-87(59-73(23-11)43-31-19-7)104-90(88(103(89)115-95)60-74(24-12)44-32-20-8)68-96(116-104)102-80(50-52-82-54-56-84(108-82)58-72(22-10)42-30-18-6)66-94(114-102)100-78(48-40-36-28-16-4)64-92(112-100)98-76(46-38-34-26-14-2)62-86(70-106)110-98/h49-56,61-74H,13-48,57-60H2,1-12H3/b51-49-,52-50-. The molecule has 0 radical (unpaired) electrons. The van der Waals surface area contributed by atoms with Crippen LogP contribution in [0.4, 0.5) is 0 Å². The minimum Gasteiger partial charge on any atom is -0.297 e. The Labute approximate surface area is 741 Å². The third-order valence-corrected chi connectivity index (χ3v) is 37.1. The van der Waals surface area contributed by atoms with Gasteiger partial charge in [0.2, 0.25) is 0 Å². The van der Waals surface area contributed by atoms with Crippen LogP contribution in [-0.4, -0.2) is 12.6 Å². The predicted octanol–water partition coefficient (Wildman–Crippen LogP) is 38.1. The van der Waals surface area contributed by atoms with Crippen molar-refractivity contribution < 1.29 is 9.59 Å². The Morgan fingerprint density at radius 2 is 0.569 bits per heavy atom. The van der Waals surface area contributed by atoms with Crippen molar-refractivity contribution >= 4 is 170 Å². The zero-order valence-corrected chi connectivity index (χ0v) is 81.0. The zero-order chi connectivity index (χ0) is 81.7. The molecule has 0 amide bonds. The van der Waals surface area contributed by atoms with Crippen molar-refractivity contribution in [3.05, 3.63) is 147 Å². The maximum Gasteiger partial charge on any atom is 0.160 e. The lowest BCUT2D eigenvalue weighted by atomic mass is 9.86. The Kier molecular flexibility index (Phi) is 38.5. The fourth-order valence-electron chi connectivity index (χ4n) is 17.3. The zero-order valence-electron chi connectivity index (χ0n) is 72.9. The highest BCUT2D eigenvalue weighted by molar-refractivity contribution is 7.32. The highest BCUT2D eigenvalue weighted by atomic mass is 32.1. The van der Waals surface area contributed by atoms with Gasteiger partial charge in [0.25, 0.3) is 0 Å². The van der Waals surface area contributed by atoms with E-state index in [4.69, 9.17) is 0 Å². The number of unbranched alkanes of at least 4 members (excludes halogenated alkanes) is 16. The summed E-state index contributed by atoms with van der Waals surface area (Å²) in [4.78, 5) is 49.2. The van der Waals surface area contributed by atoms with E-state index >= 15 is 0 Å². The topological polar surface area (TPSA) is 34.1 Å². The molecule has 0 N–H and O–H groups in total. The van der Waals surface area contributed by atoms with Gasteiger partial charge in [0, 0.05) is 77.7 Å². The van der Waals surface area contributed by atoms with E-state index < -0.39 is 0 Å². The summed E-state index contributed by atoms with van der Waals surface area (Å²) in [5.41, 5.74) is 11.5. The van der Waals surface area contributed by atoms with Crippen LogP contribution < -0.4 is 0 Å². The number of benzene rings is 1. The molecule has 4 atom stereocenters. The average Bonchev–Trinajstić information content (AvgIpc) is 1.57. The average molecular weight is 1740 g/mol. The van der Waals surface area contributed by atoms with Crippen LogP contribution in [0.1, 0.15) is 372 Å². The van der Waals surface area contributed by atoms with E-state index in [1.165, 1.54) is 337 Å². The largest absolute Gasteiger partial charge is 0.297 e. The summed E-state index contributed by atoms with van der Waals surface area (Å²) in [5.74, 6) is 2.62. The molecular formula is C104H138O2S10. The number of carbonyl (C=O) groups excluding carboxylic acids is 2. The van der Waals surface area contributed by atoms with Gasteiger partial charge in [-0.3, -0.25) is 9.59 Å². The summed E-state index contributed by atoms with van der Waals surface area (Å²) in [7, 11) is 0. The van der Waals surface area contributed by atoms with Gasteiger partial charge >= 0.3 is 0 Å². The van der Waals surface area contributed by atoms with Gasteiger partial charge in [0.15, 0.2) is 12.6 Å². The summed E-state index contributed by atoms with van der Waals surface area (Å²) in [6.07, 6.45) is 60.2. The van der Waals surface area contributed by atoms with Crippen LogP contribution in [0.2, 0.25) is 0 Å². The molecule has 11 rings (SSSR count). The highest BCUT2D eigenvalue weighted by Gasteiger charge is 2.29. The van der Waals surface area contributed by atoms with Crippen molar-refractivity contribution in [3.8, 4) is 58.5 Å². The molecule has 1 aromatic carbocycles. The van der Waals surface area contributed by atoms with Gasteiger partial charge in [-0.05, 0) is 241 Å². The number of hydrogen-bond donors (Lipinski definition) is 0. The van der Waals surface area contributed by atoms with E-state index in [0.29, 0.717) is 11.8 Å². The second kappa shape index (κ2) is 48.4. The number of thiophene rings is 10. The molecule has 4 unspecified atom stereocenters. The second-order valence-electron chi connectivity index (χ2n) is 33.6. The quantitative estimate of drug-likeness (QED) is 0.0281. The number of aldehydes is 2. The SMILES string of the molecule is CCCCCCc1cc(C=O)sc1-c1cc(CCCCCC)c(-c2cc(/C=C\c3ccc(CC(CC)CCCC)s3)c(-c3cc4c(CC(CC)CCCC)c5sc(-c6sc(-c7sc(-c8sc(C=O)cc8CCCCCC)cc7CCCCCC)cc6/C=C\c6ccc(CC(CC)CCCC)s6)cc5c(CC(CC)CCCC)c4s3)s2)s1. The number of rotatable bonds is 56. The van der Waals surface area contributed by atoms with E-state index in [1.54, 1.807) is 33.8 Å². The van der Waals surface area contributed by atoms with E-state index in [2.05, 4.69) is 203 Å².